The van der Waals surface area contributed by atoms with Crippen LogP contribution < -0.4 is 10.6 Å². The predicted molar refractivity (Wildman–Crippen MR) is 103 cm³/mol. The maximum atomic E-state index is 13.9. The fourth-order valence-corrected chi connectivity index (χ4v) is 3.66. The quantitative estimate of drug-likeness (QED) is 0.745. The Labute approximate surface area is 162 Å². The zero-order valence-electron chi connectivity index (χ0n) is 15.5. The van der Waals surface area contributed by atoms with Gasteiger partial charge in [-0.1, -0.05) is 0 Å². The molecular formula is C20H21FN6O. The number of piperidine rings is 1. The summed E-state index contributed by atoms with van der Waals surface area (Å²) in [5.74, 6) is 0.416. The molecule has 2 aromatic heterocycles. The molecule has 28 heavy (non-hydrogen) atoms. The highest BCUT2D eigenvalue weighted by atomic mass is 19.1. The number of aromatic nitrogens is 3. The van der Waals surface area contributed by atoms with Crippen LogP contribution >= 0.6 is 0 Å². The zero-order chi connectivity index (χ0) is 19.7. The van der Waals surface area contributed by atoms with Gasteiger partial charge in [0.15, 0.2) is 0 Å². The smallest absolute Gasteiger partial charge is 0.206 e. The Morgan fingerprint density at radius 3 is 2.89 bits per heavy atom. The summed E-state index contributed by atoms with van der Waals surface area (Å²) in [6.07, 6.45) is 2.35. The summed E-state index contributed by atoms with van der Waals surface area (Å²) in [6, 6.07) is 10.0. The highest BCUT2D eigenvalue weighted by Gasteiger charge is 2.29. The van der Waals surface area contributed by atoms with E-state index in [0.29, 0.717) is 29.7 Å². The molecule has 0 spiro atoms. The third-order valence-corrected chi connectivity index (χ3v) is 5.14. The summed E-state index contributed by atoms with van der Waals surface area (Å²) in [7, 11) is 1.68. The standard InChI is InChI=1S/C20H21FN6O/c1-28-19-6-7-26(12-16(19)23)20-25-17-5-3-14(21)8-18(17)27(20)11-15-4-2-13(9-22)10-24-15/h2-5,8,10,16,19H,6-7,11-12,23H2,1H3/t16-,19+/m1/s1. The van der Waals surface area contributed by atoms with Gasteiger partial charge in [-0.3, -0.25) is 4.98 Å². The number of halogens is 1. The minimum atomic E-state index is -0.317. The van der Waals surface area contributed by atoms with E-state index in [4.69, 9.17) is 20.7 Å². The van der Waals surface area contributed by atoms with E-state index in [2.05, 4.69) is 16.0 Å². The van der Waals surface area contributed by atoms with Crippen molar-refractivity contribution >= 4 is 17.0 Å². The van der Waals surface area contributed by atoms with Crippen molar-refractivity contribution in [1.29, 1.82) is 5.26 Å². The first-order chi connectivity index (χ1) is 13.6. The minimum Gasteiger partial charge on any atom is -0.380 e. The van der Waals surface area contributed by atoms with Crippen LogP contribution in [0.3, 0.4) is 0 Å². The number of fused-ring (bicyclic) bond motifs is 1. The first-order valence-electron chi connectivity index (χ1n) is 9.13. The van der Waals surface area contributed by atoms with Gasteiger partial charge in [0.05, 0.1) is 34.9 Å². The van der Waals surface area contributed by atoms with E-state index in [1.807, 2.05) is 4.57 Å². The molecule has 4 rings (SSSR count). The summed E-state index contributed by atoms with van der Waals surface area (Å²) < 4.78 is 21.3. The van der Waals surface area contributed by atoms with Gasteiger partial charge in [0.2, 0.25) is 5.95 Å². The lowest BCUT2D eigenvalue weighted by Crippen LogP contribution is -2.52. The molecule has 0 bridgehead atoms. The van der Waals surface area contributed by atoms with Crippen LogP contribution in [-0.2, 0) is 11.3 Å². The van der Waals surface area contributed by atoms with Gasteiger partial charge in [-0.15, -0.1) is 0 Å². The molecule has 0 aliphatic carbocycles. The molecule has 0 amide bonds. The minimum absolute atomic E-state index is 0.0201. The molecule has 144 valence electrons. The predicted octanol–water partition coefficient (Wildman–Crippen LogP) is 2.04. The lowest BCUT2D eigenvalue weighted by molar-refractivity contribution is 0.0661. The zero-order valence-corrected chi connectivity index (χ0v) is 15.5. The first kappa shape index (κ1) is 18.3. The molecule has 8 heteroatoms. The van der Waals surface area contributed by atoms with Crippen LogP contribution in [0.2, 0.25) is 0 Å². The number of ether oxygens (including phenoxy) is 1. The first-order valence-corrected chi connectivity index (χ1v) is 9.13. The van der Waals surface area contributed by atoms with Crippen LogP contribution in [0.25, 0.3) is 11.0 Å². The van der Waals surface area contributed by atoms with Crippen molar-refractivity contribution in [2.75, 3.05) is 25.1 Å². The molecule has 1 saturated heterocycles. The molecule has 7 nitrogen and oxygen atoms in total. The van der Waals surface area contributed by atoms with Crippen molar-refractivity contribution in [2.45, 2.75) is 25.1 Å². The van der Waals surface area contributed by atoms with Crippen LogP contribution in [0.15, 0.2) is 36.5 Å². The maximum absolute atomic E-state index is 13.9. The topological polar surface area (TPSA) is 93.0 Å². The van der Waals surface area contributed by atoms with E-state index in [0.717, 1.165) is 24.6 Å². The van der Waals surface area contributed by atoms with Gasteiger partial charge in [-0.25, -0.2) is 9.37 Å². The number of nitriles is 1. The number of hydrogen-bond donors (Lipinski definition) is 1. The molecule has 0 radical (unpaired) electrons. The largest absolute Gasteiger partial charge is 0.380 e. The van der Waals surface area contributed by atoms with E-state index < -0.39 is 0 Å². The molecule has 2 N–H and O–H groups in total. The Morgan fingerprint density at radius 1 is 1.36 bits per heavy atom. The Balaban J connectivity index is 1.73. The second-order valence-electron chi connectivity index (χ2n) is 6.95. The lowest BCUT2D eigenvalue weighted by Gasteiger charge is -2.36. The highest BCUT2D eigenvalue weighted by Crippen LogP contribution is 2.27. The normalized spacial score (nSPS) is 19.7. The summed E-state index contributed by atoms with van der Waals surface area (Å²) in [6.45, 7) is 1.77. The van der Waals surface area contributed by atoms with Gasteiger partial charge in [-0.2, -0.15) is 5.26 Å². The lowest BCUT2D eigenvalue weighted by atomic mass is 10.0. The summed E-state index contributed by atoms with van der Waals surface area (Å²) in [4.78, 5) is 11.2. The van der Waals surface area contributed by atoms with Crippen LogP contribution in [0, 0.1) is 17.1 Å². The number of anilines is 1. The van der Waals surface area contributed by atoms with Crippen molar-refractivity contribution in [3.63, 3.8) is 0 Å². The molecule has 1 aliphatic rings. The van der Waals surface area contributed by atoms with Crippen LogP contribution in [0.4, 0.5) is 10.3 Å². The summed E-state index contributed by atoms with van der Waals surface area (Å²) >= 11 is 0. The Morgan fingerprint density at radius 2 is 2.21 bits per heavy atom. The maximum Gasteiger partial charge on any atom is 0.206 e. The van der Waals surface area contributed by atoms with Crippen molar-refractivity contribution in [3.05, 3.63) is 53.6 Å². The van der Waals surface area contributed by atoms with Crippen molar-refractivity contribution < 1.29 is 9.13 Å². The van der Waals surface area contributed by atoms with Gasteiger partial charge in [0.1, 0.15) is 11.9 Å². The molecule has 2 atom stereocenters. The Bertz CT molecular complexity index is 1030. The number of methoxy groups -OCH3 is 1. The number of rotatable bonds is 4. The number of nitrogens with zero attached hydrogens (tertiary/aromatic N) is 5. The molecule has 0 unspecified atom stereocenters. The van der Waals surface area contributed by atoms with Gasteiger partial charge < -0.3 is 19.9 Å². The van der Waals surface area contributed by atoms with Crippen LogP contribution in [-0.4, -0.2) is 46.9 Å². The van der Waals surface area contributed by atoms with Crippen molar-refractivity contribution in [1.82, 2.24) is 14.5 Å². The van der Waals surface area contributed by atoms with Gasteiger partial charge in [0, 0.05) is 32.4 Å². The SMILES string of the molecule is CO[C@H]1CCN(c2nc3ccc(F)cc3n2Cc2ccc(C#N)cn2)C[C@H]1N. The van der Waals surface area contributed by atoms with Gasteiger partial charge >= 0.3 is 0 Å². The molecule has 3 aromatic rings. The van der Waals surface area contributed by atoms with E-state index in [1.54, 1.807) is 25.3 Å². The number of pyridine rings is 1. The number of hydrogen-bond acceptors (Lipinski definition) is 6. The summed E-state index contributed by atoms with van der Waals surface area (Å²) in [5.41, 5.74) is 8.94. The Hall–Kier alpha value is -3.02. The summed E-state index contributed by atoms with van der Waals surface area (Å²) in [5, 5.41) is 8.96. The third-order valence-electron chi connectivity index (χ3n) is 5.14. The second kappa shape index (κ2) is 7.54. The number of nitrogens with two attached hydrogens (primary N) is 1. The van der Waals surface area contributed by atoms with Crippen molar-refractivity contribution in [3.8, 4) is 6.07 Å². The fourth-order valence-electron chi connectivity index (χ4n) is 3.66. The average molecular weight is 380 g/mol. The monoisotopic (exact) mass is 380 g/mol. The van der Waals surface area contributed by atoms with Crippen LogP contribution in [0.5, 0.6) is 0 Å². The fraction of sp³-hybridized carbons (Fsp3) is 0.350. The molecule has 1 aliphatic heterocycles. The molecule has 3 heterocycles. The van der Waals surface area contributed by atoms with E-state index in [9.17, 15) is 4.39 Å². The number of benzene rings is 1. The molecule has 0 saturated carbocycles. The number of imidazole rings is 1. The Kier molecular flexibility index (Phi) is 4.94. The van der Waals surface area contributed by atoms with E-state index in [-0.39, 0.29) is 18.0 Å². The third kappa shape index (κ3) is 3.42. The average Bonchev–Trinajstić information content (AvgIpc) is 3.06. The van der Waals surface area contributed by atoms with Crippen molar-refractivity contribution in [2.24, 2.45) is 5.73 Å². The van der Waals surface area contributed by atoms with Crippen LogP contribution in [0.1, 0.15) is 17.7 Å². The van der Waals surface area contributed by atoms with E-state index >= 15 is 0 Å². The van der Waals surface area contributed by atoms with E-state index in [1.165, 1.54) is 18.3 Å². The molecule has 1 aromatic carbocycles. The molecule has 1 fully saturated rings. The van der Waals surface area contributed by atoms with Gasteiger partial charge in [-0.05, 0) is 36.8 Å². The second-order valence-corrected chi connectivity index (χ2v) is 6.95. The van der Waals surface area contributed by atoms with Gasteiger partial charge in [0.25, 0.3) is 0 Å². The highest BCUT2D eigenvalue weighted by molar-refractivity contribution is 5.79. The molecular weight excluding hydrogens is 359 g/mol.